The Hall–Kier alpha value is -0.940. The van der Waals surface area contributed by atoms with Crippen molar-refractivity contribution in [3.05, 3.63) is 12.7 Å². The maximum atomic E-state index is 4.08. The molecular weight excluding hydrogens is 202 g/mol. The predicted molar refractivity (Wildman–Crippen MR) is 65.3 cm³/mol. The lowest BCUT2D eigenvalue weighted by Crippen LogP contribution is -2.30. The van der Waals surface area contributed by atoms with Crippen LogP contribution < -0.4 is 5.32 Å². The fraction of sp³-hybridized carbons (Fsp3) is 0.818. The van der Waals surface area contributed by atoms with Crippen molar-refractivity contribution in [1.82, 2.24) is 25.0 Å². The van der Waals surface area contributed by atoms with Gasteiger partial charge in [0.1, 0.15) is 12.7 Å². The zero-order chi connectivity index (χ0) is 11.8. The second-order valence-electron chi connectivity index (χ2n) is 4.46. The number of hydrogen-bond acceptors (Lipinski definition) is 4. The molecule has 0 saturated heterocycles. The van der Waals surface area contributed by atoms with E-state index >= 15 is 0 Å². The molecule has 0 saturated carbocycles. The van der Waals surface area contributed by atoms with E-state index in [9.17, 15) is 0 Å². The van der Waals surface area contributed by atoms with E-state index in [1.807, 2.05) is 4.68 Å². The molecule has 0 radical (unpaired) electrons. The summed E-state index contributed by atoms with van der Waals surface area (Å²) in [6.45, 7) is 5.37. The van der Waals surface area contributed by atoms with E-state index < -0.39 is 0 Å². The van der Waals surface area contributed by atoms with Crippen molar-refractivity contribution >= 4 is 0 Å². The molecule has 0 aromatic carbocycles. The summed E-state index contributed by atoms with van der Waals surface area (Å²) in [4.78, 5) is 6.13. The quantitative estimate of drug-likeness (QED) is 0.658. The number of hydrogen-bond donors (Lipinski definition) is 1. The van der Waals surface area contributed by atoms with Crippen molar-refractivity contribution in [2.75, 3.05) is 27.2 Å². The van der Waals surface area contributed by atoms with Crippen LogP contribution in [0.5, 0.6) is 0 Å². The molecule has 1 heterocycles. The van der Waals surface area contributed by atoms with Crippen LogP contribution in [0.3, 0.4) is 0 Å². The first-order valence-electron chi connectivity index (χ1n) is 5.89. The van der Waals surface area contributed by atoms with Gasteiger partial charge in [0.25, 0.3) is 0 Å². The van der Waals surface area contributed by atoms with Gasteiger partial charge in [-0.1, -0.05) is 0 Å². The monoisotopic (exact) mass is 225 g/mol. The van der Waals surface area contributed by atoms with Crippen molar-refractivity contribution < 1.29 is 0 Å². The highest BCUT2D eigenvalue weighted by molar-refractivity contribution is 4.63. The Morgan fingerprint density at radius 3 is 2.88 bits per heavy atom. The lowest BCUT2D eigenvalue weighted by Gasteiger charge is -2.15. The lowest BCUT2D eigenvalue weighted by molar-refractivity contribution is 0.381. The van der Waals surface area contributed by atoms with Gasteiger partial charge in [0, 0.05) is 12.6 Å². The van der Waals surface area contributed by atoms with E-state index in [1.165, 1.54) is 6.42 Å². The van der Waals surface area contributed by atoms with Gasteiger partial charge in [-0.05, 0) is 47.0 Å². The zero-order valence-corrected chi connectivity index (χ0v) is 10.6. The molecule has 0 bridgehead atoms. The minimum absolute atomic E-state index is 0.534. The summed E-state index contributed by atoms with van der Waals surface area (Å²) >= 11 is 0. The molecule has 1 atom stereocenters. The van der Waals surface area contributed by atoms with Crippen LogP contribution in [0.2, 0.25) is 0 Å². The van der Waals surface area contributed by atoms with Crippen molar-refractivity contribution in [2.45, 2.75) is 32.4 Å². The van der Waals surface area contributed by atoms with Crippen LogP contribution in [0.25, 0.3) is 0 Å². The molecular formula is C11H23N5. The minimum Gasteiger partial charge on any atom is -0.314 e. The highest BCUT2D eigenvalue weighted by atomic mass is 15.3. The maximum Gasteiger partial charge on any atom is 0.137 e. The Balaban J connectivity index is 2.00. The SMILES string of the molecule is CC(CCn1cncn1)NCCCN(C)C. The van der Waals surface area contributed by atoms with Crippen molar-refractivity contribution in [2.24, 2.45) is 0 Å². The van der Waals surface area contributed by atoms with Gasteiger partial charge in [-0.2, -0.15) is 5.10 Å². The van der Waals surface area contributed by atoms with E-state index in [0.29, 0.717) is 6.04 Å². The summed E-state index contributed by atoms with van der Waals surface area (Å²) in [7, 11) is 4.21. The van der Waals surface area contributed by atoms with E-state index in [2.05, 4.69) is 41.3 Å². The molecule has 0 aliphatic heterocycles. The third kappa shape index (κ3) is 5.82. The summed E-state index contributed by atoms with van der Waals surface area (Å²) < 4.78 is 1.87. The molecule has 92 valence electrons. The molecule has 1 aromatic rings. The van der Waals surface area contributed by atoms with Gasteiger partial charge in [-0.25, -0.2) is 4.98 Å². The van der Waals surface area contributed by atoms with Gasteiger partial charge < -0.3 is 10.2 Å². The van der Waals surface area contributed by atoms with E-state index in [0.717, 1.165) is 26.1 Å². The normalized spacial score (nSPS) is 13.2. The van der Waals surface area contributed by atoms with Gasteiger partial charge >= 0.3 is 0 Å². The average molecular weight is 225 g/mol. The molecule has 0 amide bonds. The van der Waals surface area contributed by atoms with Crippen LogP contribution in [-0.4, -0.2) is 52.9 Å². The standard InChI is InChI=1S/C11H23N5/c1-11(13-6-4-7-15(2)3)5-8-16-10-12-9-14-16/h9-11,13H,4-8H2,1-3H3. The summed E-state index contributed by atoms with van der Waals surface area (Å²) in [5, 5.41) is 7.59. The molecule has 16 heavy (non-hydrogen) atoms. The molecule has 0 fully saturated rings. The first kappa shape index (κ1) is 13.1. The minimum atomic E-state index is 0.534. The maximum absolute atomic E-state index is 4.08. The predicted octanol–water partition coefficient (Wildman–Crippen LogP) is 0.598. The lowest BCUT2D eigenvalue weighted by atomic mass is 10.2. The number of nitrogens with zero attached hydrogens (tertiary/aromatic N) is 4. The molecule has 1 N–H and O–H groups in total. The molecule has 1 aromatic heterocycles. The first-order valence-corrected chi connectivity index (χ1v) is 5.89. The topological polar surface area (TPSA) is 46.0 Å². The molecule has 0 aliphatic carbocycles. The third-order valence-corrected chi connectivity index (χ3v) is 2.53. The van der Waals surface area contributed by atoms with Gasteiger partial charge in [0.05, 0.1) is 0 Å². The number of rotatable bonds is 8. The van der Waals surface area contributed by atoms with E-state index in [4.69, 9.17) is 0 Å². The Kier molecular flexibility index (Phi) is 6.03. The van der Waals surface area contributed by atoms with Gasteiger partial charge in [0.2, 0.25) is 0 Å². The highest BCUT2D eigenvalue weighted by Gasteiger charge is 2.01. The van der Waals surface area contributed by atoms with E-state index in [1.54, 1.807) is 12.7 Å². The van der Waals surface area contributed by atoms with Crippen LogP contribution in [0.1, 0.15) is 19.8 Å². The average Bonchev–Trinajstić information content (AvgIpc) is 2.74. The zero-order valence-electron chi connectivity index (χ0n) is 10.6. The Bertz CT molecular complexity index is 257. The van der Waals surface area contributed by atoms with E-state index in [-0.39, 0.29) is 0 Å². The van der Waals surface area contributed by atoms with Gasteiger partial charge in [-0.15, -0.1) is 0 Å². The van der Waals surface area contributed by atoms with Crippen LogP contribution in [0.4, 0.5) is 0 Å². The van der Waals surface area contributed by atoms with Crippen molar-refractivity contribution in [1.29, 1.82) is 0 Å². The van der Waals surface area contributed by atoms with Crippen LogP contribution >= 0.6 is 0 Å². The van der Waals surface area contributed by atoms with Gasteiger partial charge in [-0.3, -0.25) is 4.68 Å². The summed E-state index contributed by atoms with van der Waals surface area (Å²) in [5.41, 5.74) is 0. The molecule has 5 nitrogen and oxygen atoms in total. The fourth-order valence-electron chi connectivity index (χ4n) is 1.52. The van der Waals surface area contributed by atoms with Crippen LogP contribution in [0, 0.1) is 0 Å². The second-order valence-corrected chi connectivity index (χ2v) is 4.46. The largest absolute Gasteiger partial charge is 0.314 e. The van der Waals surface area contributed by atoms with Crippen LogP contribution in [0.15, 0.2) is 12.7 Å². The molecule has 0 spiro atoms. The third-order valence-electron chi connectivity index (χ3n) is 2.53. The highest BCUT2D eigenvalue weighted by Crippen LogP contribution is 1.94. The second kappa shape index (κ2) is 7.35. The number of aryl methyl sites for hydroxylation is 1. The fourth-order valence-corrected chi connectivity index (χ4v) is 1.52. The van der Waals surface area contributed by atoms with Crippen molar-refractivity contribution in [3.8, 4) is 0 Å². The smallest absolute Gasteiger partial charge is 0.137 e. The molecule has 5 heteroatoms. The Morgan fingerprint density at radius 1 is 1.44 bits per heavy atom. The van der Waals surface area contributed by atoms with Crippen LogP contribution in [-0.2, 0) is 6.54 Å². The molecule has 0 aliphatic rings. The number of nitrogens with one attached hydrogen (secondary N) is 1. The molecule has 1 unspecified atom stereocenters. The summed E-state index contributed by atoms with van der Waals surface area (Å²) in [6, 6.07) is 0.534. The van der Waals surface area contributed by atoms with Gasteiger partial charge in [0.15, 0.2) is 0 Å². The first-order chi connectivity index (χ1) is 7.68. The summed E-state index contributed by atoms with van der Waals surface area (Å²) in [6.07, 6.45) is 5.62. The Morgan fingerprint density at radius 2 is 2.25 bits per heavy atom. The molecule has 1 rings (SSSR count). The number of aromatic nitrogens is 3. The summed E-state index contributed by atoms with van der Waals surface area (Å²) in [5.74, 6) is 0. The Labute approximate surface area is 97.9 Å². The van der Waals surface area contributed by atoms with Crippen molar-refractivity contribution in [3.63, 3.8) is 0 Å².